The zero-order valence-electron chi connectivity index (χ0n) is 17.3. The van der Waals surface area contributed by atoms with E-state index in [4.69, 9.17) is 4.74 Å². The molecule has 0 fully saturated rings. The Morgan fingerprint density at radius 1 is 0.808 bits per heavy atom. The minimum atomic E-state index is -0.218. The van der Waals surface area contributed by atoms with Crippen molar-refractivity contribution in [2.45, 2.75) is 71.1 Å². The molecule has 3 heteroatoms. The monoisotopic (exact) mass is 362 g/mol. The van der Waals surface area contributed by atoms with Gasteiger partial charge in [-0.15, -0.1) is 0 Å². The van der Waals surface area contributed by atoms with E-state index in [0.29, 0.717) is 12.2 Å². The third-order valence-electron chi connectivity index (χ3n) is 5.06. The van der Waals surface area contributed by atoms with Crippen LogP contribution in [0.15, 0.2) is 30.3 Å². The molecule has 1 aromatic rings. The van der Waals surface area contributed by atoms with Gasteiger partial charge in [-0.2, -0.15) is 0 Å². The quantitative estimate of drug-likeness (QED) is 0.222. The fourth-order valence-electron chi connectivity index (χ4n) is 3.18. The van der Waals surface area contributed by atoms with E-state index < -0.39 is 0 Å². The van der Waals surface area contributed by atoms with Crippen molar-refractivity contribution in [3.05, 3.63) is 35.9 Å². The van der Waals surface area contributed by atoms with Crippen molar-refractivity contribution in [1.29, 1.82) is 0 Å². The molecular weight excluding hydrogens is 322 g/mol. The molecule has 3 nitrogen and oxygen atoms in total. The SMILES string of the molecule is CCCCCCCCCCCC[N+](C)(C)CCOC(=O)c1ccccc1. The lowest BCUT2D eigenvalue weighted by atomic mass is 10.1. The van der Waals surface area contributed by atoms with Gasteiger partial charge in [0.25, 0.3) is 0 Å². The molecule has 0 aliphatic rings. The second kappa shape index (κ2) is 13.8. The van der Waals surface area contributed by atoms with Gasteiger partial charge >= 0.3 is 5.97 Å². The molecule has 148 valence electrons. The Bertz CT molecular complexity index is 470. The molecule has 0 radical (unpaired) electrons. The molecule has 0 heterocycles. The topological polar surface area (TPSA) is 26.3 Å². The number of nitrogens with zero attached hydrogens (tertiary/aromatic N) is 1. The highest BCUT2D eigenvalue weighted by Gasteiger charge is 2.16. The Morgan fingerprint density at radius 3 is 1.92 bits per heavy atom. The van der Waals surface area contributed by atoms with Crippen LogP contribution in [0.1, 0.15) is 81.5 Å². The summed E-state index contributed by atoms with van der Waals surface area (Å²) >= 11 is 0. The third-order valence-corrected chi connectivity index (χ3v) is 5.06. The lowest BCUT2D eigenvalue weighted by molar-refractivity contribution is -0.890. The van der Waals surface area contributed by atoms with E-state index in [1.165, 1.54) is 64.2 Å². The normalized spacial score (nSPS) is 11.5. The summed E-state index contributed by atoms with van der Waals surface area (Å²) in [6, 6.07) is 9.23. The number of benzene rings is 1. The lowest BCUT2D eigenvalue weighted by Gasteiger charge is -2.29. The predicted octanol–water partition coefficient (Wildman–Crippen LogP) is 5.84. The van der Waals surface area contributed by atoms with Crippen LogP contribution in [0.3, 0.4) is 0 Å². The molecule has 0 unspecified atom stereocenters. The van der Waals surface area contributed by atoms with Crippen molar-refractivity contribution < 1.29 is 14.0 Å². The van der Waals surface area contributed by atoms with Gasteiger partial charge in [-0.3, -0.25) is 0 Å². The summed E-state index contributed by atoms with van der Waals surface area (Å²) in [6.07, 6.45) is 13.7. The molecule has 0 aliphatic heterocycles. The fraction of sp³-hybridized carbons (Fsp3) is 0.696. The maximum atomic E-state index is 11.9. The number of carbonyl (C=O) groups excluding carboxylic acids is 1. The van der Waals surface area contributed by atoms with Crippen LogP contribution in [0.4, 0.5) is 0 Å². The molecule has 0 bridgehead atoms. The average Bonchev–Trinajstić information content (AvgIpc) is 2.63. The minimum absolute atomic E-state index is 0.218. The first-order chi connectivity index (χ1) is 12.5. The van der Waals surface area contributed by atoms with Crippen molar-refractivity contribution in [1.82, 2.24) is 0 Å². The Labute approximate surface area is 161 Å². The van der Waals surface area contributed by atoms with Crippen LogP contribution in [0, 0.1) is 0 Å². The molecule has 0 spiro atoms. The highest BCUT2D eigenvalue weighted by molar-refractivity contribution is 5.89. The van der Waals surface area contributed by atoms with Gasteiger partial charge in [0.15, 0.2) is 0 Å². The van der Waals surface area contributed by atoms with E-state index in [1.807, 2.05) is 18.2 Å². The van der Waals surface area contributed by atoms with E-state index in [2.05, 4.69) is 21.0 Å². The van der Waals surface area contributed by atoms with Crippen molar-refractivity contribution in [2.24, 2.45) is 0 Å². The number of esters is 1. The molecule has 0 saturated carbocycles. The van der Waals surface area contributed by atoms with Gasteiger partial charge in [0.1, 0.15) is 13.2 Å². The van der Waals surface area contributed by atoms with Crippen LogP contribution in [0.25, 0.3) is 0 Å². The molecule has 1 rings (SSSR count). The Hall–Kier alpha value is -1.35. The van der Waals surface area contributed by atoms with Gasteiger partial charge in [-0.1, -0.05) is 76.5 Å². The number of rotatable bonds is 15. The number of hydrogen-bond acceptors (Lipinski definition) is 2. The largest absolute Gasteiger partial charge is 0.456 e. The van der Waals surface area contributed by atoms with Gasteiger partial charge in [-0.05, 0) is 25.0 Å². The standard InChI is InChI=1S/C23H40NO2/c1-4-5-6-7-8-9-10-11-12-16-19-24(2,3)20-21-26-23(25)22-17-14-13-15-18-22/h13-15,17-18H,4-12,16,19-21H2,1-3H3/q+1. The molecule has 26 heavy (non-hydrogen) atoms. The third kappa shape index (κ3) is 11.3. The van der Waals surface area contributed by atoms with Crippen LogP contribution in [0.5, 0.6) is 0 Å². The van der Waals surface area contributed by atoms with Crippen molar-refractivity contribution in [3.63, 3.8) is 0 Å². The first-order valence-electron chi connectivity index (χ1n) is 10.6. The first-order valence-corrected chi connectivity index (χ1v) is 10.6. The summed E-state index contributed by atoms with van der Waals surface area (Å²) in [5, 5.41) is 0. The number of quaternary nitrogens is 1. The van der Waals surface area contributed by atoms with Crippen LogP contribution in [0.2, 0.25) is 0 Å². The van der Waals surface area contributed by atoms with Crippen LogP contribution in [-0.2, 0) is 4.74 Å². The minimum Gasteiger partial charge on any atom is -0.456 e. The highest BCUT2D eigenvalue weighted by atomic mass is 16.5. The zero-order chi connectivity index (χ0) is 19.1. The van der Waals surface area contributed by atoms with E-state index in [0.717, 1.165) is 17.6 Å². The smallest absolute Gasteiger partial charge is 0.338 e. The molecule has 0 amide bonds. The molecule has 0 N–H and O–H groups in total. The zero-order valence-corrected chi connectivity index (χ0v) is 17.3. The molecular formula is C23H40NO2+. The summed E-state index contributed by atoms with van der Waals surface area (Å²) in [5.41, 5.74) is 0.632. The summed E-state index contributed by atoms with van der Waals surface area (Å²) in [4.78, 5) is 11.9. The number of likely N-dealkylation sites (N-methyl/N-ethyl adjacent to an activating group) is 1. The summed E-state index contributed by atoms with van der Waals surface area (Å²) in [7, 11) is 4.45. The summed E-state index contributed by atoms with van der Waals surface area (Å²) in [5.74, 6) is -0.218. The van der Waals surface area contributed by atoms with Crippen LogP contribution >= 0.6 is 0 Å². The Morgan fingerprint density at radius 2 is 1.35 bits per heavy atom. The van der Waals surface area contributed by atoms with Crippen molar-refractivity contribution in [3.8, 4) is 0 Å². The van der Waals surface area contributed by atoms with E-state index in [-0.39, 0.29) is 5.97 Å². The summed E-state index contributed by atoms with van der Waals surface area (Å²) in [6.45, 7) is 4.78. The molecule has 0 aromatic heterocycles. The first kappa shape index (κ1) is 22.7. The number of unbranched alkanes of at least 4 members (excludes halogenated alkanes) is 9. The lowest BCUT2D eigenvalue weighted by Crippen LogP contribution is -2.43. The Balaban J connectivity index is 2.01. The Kier molecular flexibility index (Phi) is 12.0. The van der Waals surface area contributed by atoms with Gasteiger partial charge in [-0.25, -0.2) is 4.79 Å². The van der Waals surface area contributed by atoms with Crippen molar-refractivity contribution >= 4 is 5.97 Å². The average molecular weight is 363 g/mol. The predicted molar refractivity (Wildman–Crippen MR) is 110 cm³/mol. The van der Waals surface area contributed by atoms with Gasteiger partial charge < -0.3 is 9.22 Å². The highest BCUT2D eigenvalue weighted by Crippen LogP contribution is 2.11. The fourth-order valence-corrected chi connectivity index (χ4v) is 3.18. The van der Waals surface area contributed by atoms with E-state index in [9.17, 15) is 4.79 Å². The van der Waals surface area contributed by atoms with Gasteiger partial charge in [0.05, 0.1) is 26.2 Å². The number of carbonyl (C=O) groups is 1. The molecule has 0 saturated heterocycles. The maximum Gasteiger partial charge on any atom is 0.338 e. The molecule has 0 aliphatic carbocycles. The van der Waals surface area contributed by atoms with Crippen LogP contribution in [-0.4, -0.2) is 44.2 Å². The second-order valence-corrected chi connectivity index (χ2v) is 8.07. The molecule has 0 atom stereocenters. The van der Waals surface area contributed by atoms with Crippen LogP contribution < -0.4 is 0 Å². The number of hydrogen-bond donors (Lipinski definition) is 0. The number of ether oxygens (including phenoxy) is 1. The second-order valence-electron chi connectivity index (χ2n) is 8.07. The van der Waals surface area contributed by atoms with E-state index in [1.54, 1.807) is 12.1 Å². The maximum absolute atomic E-state index is 11.9. The van der Waals surface area contributed by atoms with E-state index >= 15 is 0 Å². The summed E-state index contributed by atoms with van der Waals surface area (Å²) < 4.78 is 6.32. The molecule has 1 aromatic carbocycles. The van der Waals surface area contributed by atoms with Crippen molar-refractivity contribution in [2.75, 3.05) is 33.8 Å². The van der Waals surface area contributed by atoms with Gasteiger partial charge in [0, 0.05) is 0 Å². The van der Waals surface area contributed by atoms with Gasteiger partial charge in [0.2, 0.25) is 0 Å².